The number of carbonyl (C=O) groups is 1. The van der Waals surface area contributed by atoms with Crippen molar-refractivity contribution < 1.29 is 4.79 Å². The molecule has 0 saturated carbocycles. The Balaban J connectivity index is 3.06. The molecule has 0 aliphatic heterocycles. The summed E-state index contributed by atoms with van der Waals surface area (Å²) in [6, 6.07) is 0. The van der Waals surface area contributed by atoms with Crippen LogP contribution in [0, 0.1) is 12.8 Å². The lowest BCUT2D eigenvalue weighted by Crippen LogP contribution is -2.25. The molecule has 1 aromatic rings. The van der Waals surface area contributed by atoms with Crippen LogP contribution >= 0.6 is 0 Å². The lowest BCUT2D eigenvalue weighted by Gasteiger charge is -2.21. The first-order valence-corrected chi connectivity index (χ1v) is 5.17. The highest BCUT2D eigenvalue weighted by Crippen LogP contribution is 2.20. The van der Waals surface area contributed by atoms with Crippen molar-refractivity contribution in [3.05, 3.63) is 11.3 Å². The number of carbonyl (C=O) groups excluding carboxylic acids is 1. The summed E-state index contributed by atoms with van der Waals surface area (Å²) in [6.07, 6.45) is 0.883. The highest BCUT2D eigenvalue weighted by molar-refractivity contribution is 5.84. The molecule has 0 N–H and O–H groups in total. The van der Waals surface area contributed by atoms with Crippen LogP contribution < -0.4 is 4.90 Å². The second-order valence-electron chi connectivity index (χ2n) is 4.34. The molecule has 0 radical (unpaired) electrons. The van der Waals surface area contributed by atoms with Crippen LogP contribution in [0.5, 0.6) is 0 Å². The van der Waals surface area contributed by atoms with Crippen molar-refractivity contribution in [2.75, 3.05) is 18.5 Å². The van der Waals surface area contributed by atoms with Crippen molar-refractivity contribution in [3.63, 3.8) is 0 Å². The van der Waals surface area contributed by atoms with Gasteiger partial charge in [-0.1, -0.05) is 13.8 Å². The van der Waals surface area contributed by atoms with Crippen LogP contribution in [0.25, 0.3) is 0 Å². The zero-order valence-corrected chi connectivity index (χ0v) is 10.1. The zero-order valence-electron chi connectivity index (χ0n) is 10.1. The summed E-state index contributed by atoms with van der Waals surface area (Å²) in [5, 5.41) is 4.25. The Morgan fingerprint density at radius 2 is 2.13 bits per heavy atom. The topological polar surface area (TPSA) is 38.1 Å². The van der Waals surface area contributed by atoms with Crippen LogP contribution in [0.1, 0.15) is 29.9 Å². The first-order valence-electron chi connectivity index (χ1n) is 5.17. The minimum atomic E-state index is 0.560. The third-order valence-electron chi connectivity index (χ3n) is 2.36. The van der Waals surface area contributed by atoms with Gasteiger partial charge in [0.2, 0.25) is 0 Å². The molecule has 0 saturated heterocycles. The van der Waals surface area contributed by atoms with E-state index in [0.717, 1.165) is 24.3 Å². The molecular formula is C11H19N3O. The van der Waals surface area contributed by atoms with Crippen molar-refractivity contribution in [2.24, 2.45) is 13.0 Å². The third kappa shape index (κ3) is 2.37. The van der Waals surface area contributed by atoms with Crippen LogP contribution in [0.15, 0.2) is 0 Å². The summed E-state index contributed by atoms with van der Waals surface area (Å²) in [6.45, 7) is 7.08. The number of aryl methyl sites for hydroxylation is 2. The van der Waals surface area contributed by atoms with Crippen molar-refractivity contribution in [1.82, 2.24) is 9.78 Å². The van der Waals surface area contributed by atoms with Gasteiger partial charge in [0.15, 0.2) is 6.29 Å². The van der Waals surface area contributed by atoms with Crippen molar-refractivity contribution in [1.29, 1.82) is 0 Å². The van der Waals surface area contributed by atoms with E-state index in [4.69, 9.17) is 0 Å². The minimum Gasteiger partial charge on any atom is -0.359 e. The van der Waals surface area contributed by atoms with Gasteiger partial charge in [0, 0.05) is 20.6 Å². The van der Waals surface area contributed by atoms with Crippen molar-refractivity contribution in [2.45, 2.75) is 20.8 Å². The largest absolute Gasteiger partial charge is 0.359 e. The quantitative estimate of drug-likeness (QED) is 0.707. The molecule has 4 nitrogen and oxygen atoms in total. The smallest absolute Gasteiger partial charge is 0.155 e. The maximum atomic E-state index is 11.0. The highest BCUT2D eigenvalue weighted by Gasteiger charge is 2.16. The van der Waals surface area contributed by atoms with Gasteiger partial charge in [0.1, 0.15) is 5.82 Å². The van der Waals surface area contributed by atoms with E-state index in [2.05, 4.69) is 23.8 Å². The number of anilines is 1. The van der Waals surface area contributed by atoms with Gasteiger partial charge in [-0.15, -0.1) is 0 Å². The van der Waals surface area contributed by atoms with Crippen molar-refractivity contribution >= 4 is 12.1 Å². The molecule has 1 heterocycles. The average Bonchev–Trinajstić information content (AvgIpc) is 2.38. The predicted octanol–water partition coefficient (Wildman–Crippen LogP) is 1.63. The second kappa shape index (κ2) is 4.47. The van der Waals surface area contributed by atoms with Crippen LogP contribution in [0.3, 0.4) is 0 Å². The van der Waals surface area contributed by atoms with E-state index in [9.17, 15) is 4.79 Å². The monoisotopic (exact) mass is 209 g/mol. The van der Waals surface area contributed by atoms with Gasteiger partial charge < -0.3 is 4.90 Å². The van der Waals surface area contributed by atoms with Crippen LogP contribution in [-0.2, 0) is 7.05 Å². The normalized spacial score (nSPS) is 10.8. The molecule has 15 heavy (non-hydrogen) atoms. The van der Waals surface area contributed by atoms with Gasteiger partial charge in [-0.05, 0) is 12.8 Å². The molecule has 0 bridgehead atoms. The third-order valence-corrected chi connectivity index (χ3v) is 2.36. The molecule has 0 fully saturated rings. The van der Waals surface area contributed by atoms with E-state index in [-0.39, 0.29) is 0 Å². The predicted molar refractivity (Wildman–Crippen MR) is 61.4 cm³/mol. The molecule has 0 aliphatic carbocycles. The molecule has 0 atom stereocenters. The molecule has 1 aromatic heterocycles. The summed E-state index contributed by atoms with van der Waals surface area (Å²) in [4.78, 5) is 13.0. The Bertz CT molecular complexity index is 355. The van der Waals surface area contributed by atoms with Crippen molar-refractivity contribution in [3.8, 4) is 0 Å². The van der Waals surface area contributed by atoms with Gasteiger partial charge in [-0.25, -0.2) is 0 Å². The Morgan fingerprint density at radius 1 is 1.53 bits per heavy atom. The standard InChI is InChI=1S/C11H19N3O/c1-8(2)6-13(4)11-10(7-15)9(3)12-14(11)5/h7-8H,6H2,1-5H3. The highest BCUT2D eigenvalue weighted by atomic mass is 16.1. The Labute approximate surface area is 90.9 Å². The van der Waals surface area contributed by atoms with Crippen LogP contribution in [-0.4, -0.2) is 29.7 Å². The molecule has 0 spiro atoms. The maximum absolute atomic E-state index is 11.0. The summed E-state index contributed by atoms with van der Waals surface area (Å²) < 4.78 is 1.77. The van der Waals surface area contributed by atoms with E-state index in [1.54, 1.807) is 4.68 Å². The van der Waals surface area contributed by atoms with Gasteiger partial charge in [0.25, 0.3) is 0 Å². The average molecular weight is 209 g/mol. The van der Waals surface area contributed by atoms with Crippen LogP contribution in [0.2, 0.25) is 0 Å². The van der Waals surface area contributed by atoms with E-state index in [0.29, 0.717) is 11.5 Å². The zero-order chi connectivity index (χ0) is 11.6. The molecule has 1 rings (SSSR count). The Morgan fingerprint density at radius 3 is 2.60 bits per heavy atom. The summed E-state index contributed by atoms with van der Waals surface area (Å²) in [5.41, 5.74) is 1.48. The SMILES string of the molecule is Cc1nn(C)c(N(C)CC(C)C)c1C=O. The number of nitrogens with zero attached hydrogens (tertiary/aromatic N) is 3. The number of hydrogen-bond donors (Lipinski definition) is 0. The van der Waals surface area contributed by atoms with E-state index >= 15 is 0 Å². The fourth-order valence-corrected chi connectivity index (χ4v) is 1.89. The van der Waals surface area contributed by atoms with E-state index in [1.807, 2.05) is 21.0 Å². The number of hydrogen-bond acceptors (Lipinski definition) is 3. The van der Waals surface area contributed by atoms with Gasteiger partial charge >= 0.3 is 0 Å². The molecule has 84 valence electrons. The maximum Gasteiger partial charge on any atom is 0.155 e. The fourth-order valence-electron chi connectivity index (χ4n) is 1.89. The first kappa shape index (κ1) is 11.8. The fraction of sp³-hybridized carbons (Fsp3) is 0.636. The molecule has 4 heteroatoms. The Kier molecular flexibility index (Phi) is 3.50. The molecule has 0 unspecified atom stereocenters. The van der Waals surface area contributed by atoms with Crippen LogP contribution in [0.4, 0.5) is 5.82 Å². The van der Waals surface area contributed by atoms with Gasteiger partial charge in [0.05, 0.1) is 11.3 Å². The minimum absolute atomic E-state index is 0.560. The summed E-state index contributed by atoms with van der Waals surface area (Å²) >= 11 is 0. The number of aromatic nitrogens is 2. The summed E-state index contributed by atoms with van der Waals surface area (Å²) in [7, 11) is 3.86. The first-order chi connectivity index (χ1) is 6.97. The Hall–Kier alpha value is -1.32. The number of aldehydes is 1. The van der Waals surface area contributed by atoms with Gasteiger partial charge in [-0.3, -0.25) is 9.48 Å². The lowest BCUT2D eigenvalue weighted by atomic mass is 10.2. The summed E-state index contributed by atoms with van der Waals surface area (Å²) in [5.74, 6) is 1.46. The number of rotatable bonds is 4. The lowest BCUT2D eigenvalue weighted by molar-refractivity contribution is 0.112. The van der Waals surface area contributed by atoms with Gasteiger partial charge in [-0.2, -0.15) is 5.10 Å². The molecule has 0 aliphatic rings. The molecule has 0 amide bonds. The second-order valence-corrected chi connectivity index (χ2v) is 4.34. The molecule has 0 aromatic carbocycles. The molecular weight excluding hydrogens is 190 g/mol. The van der Waals surface area contributed by atoms with E-state index in [1.165, 1.54) is 0 Å². The van der Waals surface area contributed by atoms with E-state index < -0.39 is 0 Å².